The van der Waals surface area contributed by atoms with Crippen LogP contribution in [0.4, 0.5) is 5.69 Å². The molecule has 0 aliphatic heterocycles. The van der Waals surface area contributed by atoms with Crippen LogP contribution in [0.1, 0.15) is 13.8 Å². The van der Waals surface area contributed by atoms with Gasteiger partial charge in [-0.05, 0) is 26.0 Å². The highest BCUT2D eigenvalue weighted by atomic mass is 79.9. The third-order valence-electron chi connectivity index (χ3n) is 2.59. The van der Waals surface area contributed by atoms with Crippen molar-refractivity contribution in [2.45, 2.75) is 18.2 Å². The van der Waals surface area contributed by atoms with Gasteiger partial charge < -0.3 is 15.6 Å². The predicted octanol–water partition coefficient (Wildman–Crippen LogP) is 2.82. The lowest BCUT2D eigenvalue weighted by Gasteiger charge is -2.24. The van der Waals surface area contributed by atoms with Crippen LogP contribution in [0.2, 0.25) is 0 Å². The van der Waals surface area contributed by atoms with Crippen molar-refractivity contribution >= 4 is 38.9 Å². The second-order valence-corrected chi connectivity index (χ2v) is 5.15. The molecule has 1 unspecified atom stereocenters. The Hall–Kier alpha value is -1.69. The third-order valence-corrected chi connectivity index (χ3v) is 4.12. The summed E-state index contributed by atoms with van der Waals surface area (Å²) >= 11 is 3.29. The summed E-state index contributed by atoms with van der Waals surface area (Å²) in [6.07, 6.45) is 0. The van der Waals surface area contributed by atoms with Gasteiger partial charge in [-0.25, -0.2) is 0 Å². The van der Waals surface area contributed by atoms with Crippen molar-refractivity contribution in [3.63, 3.8) is 0 Å². The second kappa shape index (κ2) is 6.47. The van der Waals surface area contributed by atoms with Crippen molar-refractivity contribution in [2.24, 2.45) is 5.16 Å². The largest absolute Gasteiger partial charge is 0.399 e. The lowest BCUT2D eigenvalue weighted by Crippen LogP contribution is -2.48. The van der Waals surface area contributed by atoms with E-state index in [1.54, 1.807) is 19.1 Å². The van der Waals surface area contributed by atoms with E-state index >= 15 is 0 Å². The molecule has 1 aromatic carbocycles. The number of hydrogen-bond donors (Lipinski definition) is 2. The van der Waals surface area contributed by atoms with E-state index in [0.29, 0.717) is 11.4 Å². The van der Waals surface area contributed by atoms with Crippen LogP contribution in [0.5, 0.6) is 0 Å². The molecule has 2 N–H and O–H groups in total. The van der Waals surface area contributed by atoms with Gasteiger partial charge in [0.15, 0.2) is 4.32 Å². The molecular weight excluding hydrogens is 310 g/mol. The van der Waals surface area contributed by atoms with Crippen LogP contribution in [0.15, 0.2) is 35.5 Å². The van der Waals surface area contributed by atoms with Gasteiger partial charge in [0, 0.05) is 11.4 Å². The first-order valence-corrected chi connectivity index (χ1v) is 6.41. The van der Waals surface area contributed by atoms with E-state index in [0.717, 1.165) is 0 Å². The average molecular weight is 326 g/mol. The summed E-state index contributed by atoms with van der Waals surface area (Å²) in [5.74, 6) is -0.385. The molecule has 0 radical (unpaired) electrons. The Morgan fingerprint density at radius 1 is 1.37 bits per heavy atom. The first kappa shape index (κ1) is 15.4. The number of amides is 1. The van der Waals surface area contributed by atoms with Gasteiger partial charge in [-0.3, -0.25) is 4.79 Å². The molecule has 1 amide bonds. The maximum atomic E-state index is 12.4. The Labute approximate surface area is 120 Å². The average Bonchev–Trinajstić information content (AvgIpc) is 2.38. The highest BCUT2D eigenvalue weighted by molar-refractivity contribution is 9.11. The minimum Gasteiger partial charge on any atom is -0.399 e. The van der Waals surface area contributed by atoms with E-state index in [1.165, 1.54) is 14.0 Å². The Morgan fingerprint density at radius 2 is 1.95 bits per heavy atom. The number of para-hydroxylation sites is 1. The molecule has 1 aromatic rings. The molecule has 0 aliphatic rings. The molecule has 0 heterocycles. The van der Waals surface area contributed by atoms with Gasteiger partial charge in [0.2, 0.25) is 0 Å². The smallest absolute Gasteiger partial charge is 0.252 e. The molecule has 1 atom stereocenters. The van der Waals surface area contributed by atoms with Crippen molar-refractivity contribution in [3.8, 4) is 0 Å². The van der Waals surface area contributed by atoms with Crippen molar-refractivity contribution < 1.29 is 9.63 Å². The van der Waals surface area contributed by atoms with Crippen LogP contribution in [-0.4, -0.2) is 28.8 Å². The SMILES string of the molecule is CO/N=C(\C)C(Br)(C(C)=N)C(=O)Nc1ccccc1. The first-order valence-electron chi connectivity index (χ1n) is 5.62. The van der Waals surface area contributed by atoms with Crippen LogP contribution in [0.25, 0.3) is 0 Å². The van der Waals surface area contributed by atoms with Gasteiger partial charge in [0.25, 0.3) is 5.91 Å². The Morgan fingerprint density at radius 3 is 2.42 bits per heavy atom. The fraction of sp³-hybridized carbons (Fsp3) is 0.308. The summed E-state index contributed by atoms with van der Waals surface area (Å²) in [5, 5.41) is 14.3. The number of nitrogens with zero attached hydrogens (tertiary/aromatic N) is 1. The van der Waals surface area contributed by atoms with E-state index < -0.39 is 4.32 Å². The van der Waals surface area contributed by atoms with E-state index in [-0.39, 0.29) is 11.6 Å². The molecule has 0 saturated heterocycles. The molecule has 5 nitrogen and oxygen atoms in total. The number of alkyl halides is 1. The maximum Gasteiger partial charge on any atom is 0.252 e. The molecule has 6 heteroatoms. The Balaban J connectivity index is 3.04. The van der Waals surface area contributed by atoms with Gasteiger partial charge in [0.1, 0.15) is 7.11 Å². The monoisotopic (exact) mass is 325 g/mol. The standard InChI is InChI=1S/C13H16BrN3O2/c1-9(15)13(14,10(2)17-19-3)12(18)16-11-7-5-4-6-8-11/h4-8,15H,1-3H3,(H,16,18)/b15-9?,17-10+. The predicted molar refractivity (Wildman–Crippen MR) is 80.2 cm³/mol. The van der Waals surface area contributed by atoms with Crippen molar-refractivity contribution in [2.75, 3.05) is 12.4 Å². The first-order chi connectivity index (χ1) is 8.92. The van der Waals surface area contributed by atoms with Crippen LogP contribution < -0.4 is 5.32 Å². The molecular formula is C13H16BrN3O2. The van der Waals surface area contributed by atoms with Crippen molar-refractivity contribution in [1.82, 2.24) is 0 Å². The van der Waals surface area contributed by atoms with E-state index in [1.807, 2.05) is 18.2 Å². The zero-order valence-corrected chi connectivity index (χ0v) is 12.6. The number of hydrogen-bond acceptors (Lipinski definition) is 4. The molecule has 0 aromatic heterocycles. The topological polar surface area (TPSA) is 74.5 Å². The van der Waals surface area contributed by atoms with Crippen LogP contribution in [0.3, 0.4) is 0 Å². The van der Waals surface area contributed by atoms with Crippen LogP contribution in [0, 0.1) is 5.41 Å². The lowest BCUT2D eigenvalue weighted by molar-refractivity contribution is -0.115. The van der Waals surface area contributed by atoms with Gasteiger partial charge in [-0.15, -0.1) is 0 Å². The minimum absolute atomic E-state index is 0.124. The lowest BCUT2D eigenvalue weighted by atomic mass is 9.98. The molecule has 0 spiro atoms. The van der Waals surface area contributed by atoms with Gasteiger partial charge in [0.05, 0.1) is 5.71 Å². The number of halogens is 1. The number of carbonyl (C=O) groups is 1. The molecule has 0 saturated carbocycles. The van der Waals surface area contributed by atoms with Crippen LogP contribution >= 0.6 is 15.9 Å². The minimum atomic E-state index is -1.31. The van der Waals surface area contributed by atoms with Gasteiger partial charge >= 0.3 is 0 Å². The molecule has 1 rings (SSSR count). The number of anilines is 1. The van der Waals surface area contributed by atoms with Crippen LogP contribution in [-0.2, 0) is 9.63 Å². The molecule has 0 bridgehead atoms. The molecule has 0 aliphatic carbocycles. The highest BCUT2D eigenvalue weighted by Crippen LogP contribution is 2.25. The zero-order valence-electron chi connectivity index (χ0n) is 11.0. The summed E-state index contributed by atoms with van der Waals surface area (Å²) in [6, 6.07) is 9.04. The highest BCUT2D eigenvalue weighted by Gasteiger charge is 2.42. The van der Waals surface area contributed by atoms with Crippen molar-refractivity contribution in [3.05, 3.63) is 30.3 Å². The summed E-state index contributed by atoms with van der Waals surface area (Å²) in [4.78, 5) is 17.0. The fourth-order valence-electron chi connectivity index (χ4n) is 1.54. The number of benzene rings is 1. The van der Waals surface area contributed by atoms with Crippen molar-refractivity contribution in [1.29, 1.82) is 5.41 Å². The Bertz CT molecular complexity index is 502. The third kappa shape index (κ3) is 3.41. The summed E-state index contributed by atoms with van der Waals surface area (Å²) in [7, 11) is 1.39. The maximum absolute atomic E-state index is 12.4. The molecule has 19 heavy (non-hydrogen) atoms. The number of nitrogens with one attached hydrogen (secondary N) is 2. The number of oxime groups is 1. The second-order valence-electron chi connectivity index (χ2n) is 3.96. The van der Waals surface area contributed by atoms with Gasteiger partial charge in [-0.2, -0.15) is 0 Å². The van der Waals surface area contributed by atoms with E-state index in [9.17, 15) is 4.79 Å². The normalized spacial score (nSPS) is 14.4. The molecule has 0 fully saturated rings. The Kier molecular flexibility index (Phi) is 5.23. The number of rotatable bonds is 5. The summed E-state index contributed by atoms with van der Waals surface area (Å²) in [5.41, 5.74) is 1.14. The quantitative estimate of drug-likeness (QED) is 0.496. The number of carbonyl (C=O) groups excluding carboxylic acids is 1. The molecule has 102 valence electrons. The fourth-order valence-corrected chi connectivity index (χ4v) is 1.72. The van der Waals surface area contributed by atoms with Gasteiger partial charge in [-0.1, -0.05) is 39.3 Å². The summed E-state index contributed by atoms with van der Waals surface area (Å²) < 4.78 is -1.31. The van der Waals surface area contributed by atoms with E-state index in [4.69, 9.17) is 5.41 Å². The summed E-state index contributed by atoms with van der Waals surface area (Å²) in [6.45, 7) is 3.16. The van der Waals surface area contributed by atoms with E-state index in [2.05, 4.69) is 31.2 Å². The zero-order chi connectivity index (χ0) is 14.5.